The molecule has 1 aromatic heterocycles. The van der Waals surface area contributed by atoms with Gasteiger partial charge in [0.1, 0.15) is 6.07 Å². The van der Waals surface area contributed by atoms with E-state index >= 15 is 0 Å². The Morgan fingerprint density at radius 1 is 1.42 bits per heavy atom. The van der Waals surface area contributed by atoms with E-state index in [0.29, 0.717) is 5.69 Å². The van der Waals surface area contributed by atoms with Crippen molar-refractivity contribution in [3.63, 3.8) is 0 Å². The molecular weight excluding hydrogens is 244 g/mol. The van der Waals surface area contributed by atoms with Crippen LogP contribution in [-0.2, 0) is 0 Å². The smallest absolute Gasteiger partial charge is 0.270 e. The normalized spacial score (nSPS) is 9.68. The van der Waals surface area contributed by atoms with Crippen LogP contribution in [0.1, 0.15) is 5.56 Å². The topological polar surface area (TPSA) is 83.1 Å². The molecule has 0 unspecified atom stereocenters. The Kier molecular flexibility index (Phi) is 3.39. The van der Waals surface area contributed by atoms with Crippen molar-refractivity contribution < 1.29 is 4.92 Å². The van der Waals surface area contributed by atoms with Crippen molar-refractivity contribution in [3.05, 3.63) is 58.4 Å². The van der Waals surface area contributed by atoms with Crippen LogP contribution in [0.15, 0.2) is 42.7 Å². The third kappa shape index (κ3) is 2.50. The second-order valence-corrected chi connectivity index (χ2v) is 3.84. The third-order valence-corrected chi connectivity index (χ3v) is 2.71. The maximum absolute atomic E-state index is 10.7. The average Bonchev–Trinajstić information content (AvgIpc) is 2.46. The average molecular weight is 254 g/mol. The van der Waals surface area contributed by atoms with Crippen LogP contribution in [0.3, 0.4) is 0 Å². The van der Waals surface area contributed by atoms with Gasteiger partial charge in [0, 0.05) is 25.4 Å². The van der Waals surface area contributed by atoms with Gasteiger partial charge in [0.05, 0.1) is 28.1 Å². The number of nitrogens with zero attached hydrogens (tertiary/aromatic N) is 4. The summed E-state index contributed by atoms with van der Waals surface area (Å²) in [6.07, 6.45) is 3.31. The molecule has 0 aliphatic heterocycles. The van der Waals surface area contributed by atoms with Crippen LogP contribution in [0.5, 0.6) is 0 Å². The number of pyridine rings is 1. The van der Waals surface area contributed by atoms with E-state index in [4.69, 9.17) is 5.26 Å². The van der Waals surface area contributed by atoms with Gasteiger partial charge in [0.25, 0.3) is 5.69 Å². The summed E-state index contributed by atoms with van der Waals surface area (Å²) in [5.41, 5.74) is 1.55. The number of aromatic nitrogens is 1. The Bertz CT molecular complexity index is 649. The maximum Gasteiger partial charge on any atom is 0.270 e. The van der Waals surface area contributed by atoms with Gasteiger partial charge in [0.2, 0.25) is 0 Å². The molecule has 0 saturated heterocycles. The zero-order valence-corrected chi connectivity index (χ0v) is 10.1. The van der Waals surface area contributed by atoms with Crippen LogP contribution in [0.4, 0.5) is 17.1 Å². The summed E-state index contributed by atoms with van der Waals surface area (Å²) in [6.45, 7) is 0. The van der Waals surface area contributed by atoms with Gasteiger partial charge in [0.15, 0.2) is 0 Å². The highest BCUT2D eigenvalue weighted by Crippen LogP contribution is 2.28. The fraction of sp³-hybridized carbons (Fsp3) is 0.0769. The van der Waals surface area contributed by atoms with Crippen LogP contribution < -0.4 is 4.90 Å². The standard InChI is InChI=1S/C13H10N4O2/c1-16(12-3-2-6-15-9-12)13-5-4-11(17(18)19)7-10(13)8-14/h2-7,9H,1H3. The number of hydrogen-bond acceptors (Lipinski definition) is 5. The van der Waals surface area contributed by atoms with Gasteiger partial charge in [-0.05, 0) is 18.2 Å². The van der Waals surface area contributed by atoms with Gasteiger partial charge >= 0.3 is 0 Å². The second kappa shape index (κ2) is 5.14. The number of non-ortho nitro benzene ring substituents is 1. The molecule has 0 radical (unpaired) electrons. The number of benzene rings is 1. The highest BCUT2D eigenvalue weighted by Gasteiger charge is 2.14. The summed E-state index contributed by atoms with van der Waals surface area (Å²) in [6, 6.07) is 9.80. The molecule has 0 fully saturated rings. The van der Waals surface area contributed by atoms with Crippen molar-refractivity contribution in [2.75, 3.05) is 11.9 Å². The van der Waals surface area contributed by atoms with Crippen molar-refractivity contribution in [2.45, 2.75) is 0 Å². The number of nitro benzene ring substituents is 1. The zero-order chi connectivity index (χ0) is 13.8. The van der Waals surface area contributed by atoms with Gasteiger partial charge in [-0.1, -0.05) is 0 Å². The molecule has 2 rings (SSSR count). The molecule has 0 spiro atoms. The molecule has 0 atom stereocenters. The van der Waals surface area contributed by atoms with E-state index in [9.17, 15) is 10.1 Å². The van der Waals surface area contributed by atoms with Crippen LogP contribution in [0.2, 0.25) is 0 Å². The lowest BCUT2D eigenvalue weighted by Crippen LogP contribution is -2.11. The summed E-state index contributed by atoms with van der Waals surface area (Å²) in [4.78, 5) is 15.9. The van der Waals surface area contributed by atoms with E-state index in [0.717, 1.165) is 5.69 Å². The predicted molar refractivity (Wildman–Crippen MR) is 70.1 cm³/mol. The Balaban J connectivity index is 2.46. The van der Waals surface area contributed by atoms with E-state index in [1.165, 1.54) is 12.1 Å². The van der Waals surface area contributed by atoms with E-state index in [1.54, 1.807) is 36.5 Å². The first kappa shape index (κ1) is 12.5. The summed E-state index contributed by atoms with van der Waals surface area (Å²) < 4.78 is 0. The molecule has 19 heavy (non-hydrogen) atoms. The Morgan fingerprint density at radius 3 is 2.79 bits per heavy atom. The van der Waals surface area contributed by atoms with E-state index in [1.807, 2.05) is 12.1 Å². The molecule has 1 aromatic carbocycles. The molecule has 0 aliphatic carbocycles. The summed E-state index contributed by atoms with van der Waals surface area (Å²) in [5, 5.41) is 19.8. The summed E-state index contributed by atoms with van der Waals surface area (Å²) >= 11 is 0. The van der Waals surface area contributed by atoms with Crippen molar-refractivity contribution in [2.24, 2.45) is 0 Å². The molecule has 0 bridgehead atoms. The van der Waals surface area contributed by atoms with Crippen molar-refractivity contribution >= 4 is 17.1 Å². The minimum atomic E-state index is -0.519. The lowest BCUT2D eigenvalue weighted by molar-refractivity contribution is -0.384. The molecule has 0 amide bonds. The summed E-state index contributed by atoms with van der Waals surface area (Å²) in [7, 11) is 1.78. The van der Waals surface area contributed by atoms with Gasteiger partial charge < -0.3 is 4.90 Å². The zero-order valence-electron chi connectivity index (χ0n) is 10.1. The molecule has 0 saturated carbocycles. The monoisotopic (exact) mass is 254 g/mol. The molecule has 0 N–H and O–H groups in total. The van der Waals surface area contributed by atoms with Crippen LogP contribution in [0, 0.1) is 21.4 Å². The lowest BCUT2D eigenvalue weighted by Gasteiger charge is -2.19. The molecule has 94 valence electrons. The van der Waals surface area contributed by atoms with Crippen LogP contribution in [-0.4, -0.2) is 17.0 Å². The van der Waals surface area contributed by atoms with Gasteiger partial charge in [-0.25, -0.2) is 0 Å². The van der Waals surface area contributed by atoms with Crippen LogP contribution in [0.25, 0.3) is 0 Å². The lowest BCUT2D eigenvalue weighted by atomic mass is 10.1. The SMILES string of the molecule is CN(c1cccnc1)c1ccc([N+](=O)[O-])cc1C#N. The van der Waals surface area contributed by atoms with E-state index in [2.05, 4.69) is 4.98 Å². The van der Waals surface area contributed by atoms with Crippen molar-refractivity contribution in [3.8, 4) is 6.07 Å². The number of rotatable bonds is 3. The minimum absolute atomic E-state index is 0.0973. The molecule has 6 nitrogen and oxygen atoms in total. The van der Waals surface area contributed by atoms with Crippen molar-refractivity contribution in [1.29, 1.82) is 5.26 Å². The number of nitro groups is 1. The number of anilines is 2. The quantitative estimate of drug-likeness (QED) is 0.621. The van der Waals surface area contributed by atoms with Crippen LogP contribution >= 0.6 is 0 Å². The molecular formula is C13H10N4O2. The molecule has 2 aromatic rings. The first-order valence-electron chi connectivity index (χ1n) is 5.46. The number of hydrogen-bond donors (Lipinski definition) is 0. The van der Waals surface area contributed by atoms with Gasteiger partial charge in [-0.2, -0.15) is 5.26 Å². The molecule has 0 aliphatic rings. The predicted octanol–water partition coefficient (Wildman–Crippen LogP) is 2.63. The Labute approximate surface area is 109 Å². The van der Waals surface area contributed by atoms with E-state index in [-0.39, 0.29) is 11.3 Å². The Hall–Kier alpha value is -2.94. The first-order chi connectivity index (χ1) is 9.13. The van der Waals surface area contributed by atoms with Crippen molar-refractivity contribution in [1.82, 2.24) is 4.98 Å². The third-order valence-electron chi connectivity index (χ3n) is 2.71. The fourth-order valence-electron chi connectivity index (χ4n) is 1.71. The Morgan fingerprint density at radius 2 is 2.21 bits per heavy atom. The largest absolute Gasteiger partial charge is 0.342 e. The molecule has 1 heterocycles. The number of nitriles is 1. The molecule has 6 heteroatoms. The minimum Gasteiger partial charge on any atom is -0.342 e. The first-order valence-corrected chi connectivity index (χ1v) is 5.46. The van der Waals surface area contributed by atoms with Gasteiger partial charge in [-0.15, -0.1) is 0 Å². The maximum atomic E-state index is 10.7. The summed E-state index contributed by atoms with van der Waals surface area (Å²) in [5.74, 6) is 0. The van der Waals surface area contributed by atoms with Gasteiger partial charge in [-0.3, -0.25) is 15.1 Å². The fourth-order valence-corrected chi connectivity index (χ4v) is 1.71. The second-order valence-electron chi connectivity index (χ2n) is 3.84. The highest BCUT2D eigenvalue weighted by atomic mass is 16.6. The highest BCUT2D eigenvalue weighted by molar-refractivity contribution is 5.70. The van der Waals surface area contributed by atoms with E-state index < -0.39 is 4.92 Å².